The maximum atomic E-state index is 10.6. The molecule has 0 amide bonds. The Balaban J connectivity index is 3.43. The highest BCUT2D eigenvalue weighted by Crippen LogP contribution is 2.19. The van der Waals surface area contributed by atoms with Crippen LogP contribution in [0.5, 0.6) is 0 Å². The molecule has 0 fully saturated rings. The molecule has 0 aliphatic carbocycles. The van der Waals surface area contributed by atoms with Crippen molar-refractivity contribution in [1.29, 1.82) is 0 Å². The lowest BCUT2D eigenvalue weighted by molar-refractivity contribution is 0.0651. The number of carboxylic acid groups (broad SMARTS) is 2. The second-order valence-electron chi connectivity index (χ2n) is 2.27. The predicted octanol–water partition coefficient (Wildman–Crippen LogP) is 1.74. The number of hydrogen-bond donors (Lipinski definition) is 2. The molecular formula is C8H5ClO4. The zero-order valence-electron chi connectivity index (χ0n) is 6.32. The molecule has 0 heterocycles. The van der Waals surface area contributed by atoms with Crippen molar-refractivity contribution in [3.05, 3.63) is 34.3 Å². The monoisotopic (exact) mass is 200 g/mol. The van der Waals surface area contributed by atoms with E-state index >= 15 is 0 Å². The fourth-order valence-corrected chi connectivity index (χ4v) is 1.18. The van der Waals surface area contributed by atoms with Crippen LogP contribution < -0.4 is 0 Å². The van der Waals surface area contributed by atoms with Gasteiger partial charge in [0.15, 0.2) is 0 Å². The highest BCUT2D eigenvalue weighted by atomic mass is 35.5. The first-order valence-corrected chi connectivity index (χ1v) is 3.67. The van der Waals surface area contributed by atoms with Gasteiger partial charge in [-0.25, -0.2) is 9.59 Å². The zero-order valence-corrected chi connectivity index (χ0v) is 7.08. The van der Waals surface area contributed by atoms with Crippen LogP contribution in [0.25, 0.3) is 0 Å². The van der Waals surface area contributed by atoms with Crippen molar-refractivity contribution in [3.8, 4) is 0 Å². The van der Waals surface area contributed by atoms with Gasteiger partial charge in [-0.1, -0.05) is 17.7 Å². The molecule has 1 aromatic carbocycles. The largest absolute Gasteiger partial charge is 0.478 e. The van der Waals surface area contributed by atoms with Crippen LogP contribution in [-0.2, 0) is 0 Å². The summed E-state index contributed by atoms with van der Waals surface area (Å²) in [5.74, 6) is -2.65. The van der Waals surface area contributed by atoms with Crippen LogP contribution in [0, 0.1) is 0 Å². The minimum absolute atomic E-state index is 0.0765. The molecule has 5 heteroatoms. The molecule has 0 aliphatic heterocycles. The standard InChI is InChI=1S/C8H5ClO4/c9-5-3-1-2-4(7(10)11)6(5)8(12)13/h1-3H,(H,10,11)(H,12,13). The van der Waals surface area contributed by atoms with Crippen molar-refractivity contribution < 1.29 is 19.8 Å². The van der Waals surface area contributed by atoms with E-state index < -0.39 is 11.9 Å². The number of hydrogen-bond acceptors (Lipinski definition) is 2. The van der Waals surface area contributed by atoms with Gasteiger partial charge in [0.05, 0.1) is 16.1 Å². The Morgan fingerprint density at radius 3 is 2.15 bits per heavy atom. The van der Waals surface area contributed by atoms with Crippen LogP contribution in [-0.4, -0.2) is 22.2 Å². The van der Waals surface area contributed by atoms with Crippen LogP contribution in [0.3, 0.4) is 0 Å². The highest BCUT2D eigenvalue weighted by molar-refractivity contribution is 6.34. The van der Waals surface area contributed by atoms with E-state index in [-0.39, 0.29) is 16.1 Å². The van der Waals surface area contributed by atoms with Crippen molar-refractivity contribution in [2.45, 2.75) is 0 Å². The van der Waals surface area contributed by atoms with Gasteiger partial charge >= 0.3 is 11.9 Å². The summed E-state index contributed by atoms with van der Waals surface area (Å²) in [4.78, 5) is 21.2. The molecule has 0 atom stereocenters. The molecule has 68 valence electrons. The summed E-state index contributed by atoms with van der Waals surface area (Å²) >= 11 is 5.52. The van der Waals surface area contributed by atoms with Gasteiger partial charge in [-0.05, 0) is 12.1 Å². The second kappa shape index (κ2) is 3.45. The van der Waals surface area contributed by atoms with Gasteiger partial charge in [0, 0.05) is 0 Å². The molecule has 0 aromatic heterocycles. The number of carbonyl (C=O) groups is 2. The van der Waals surface area contributed by atoms with Crippen molar-refractivity contribution in [2.75, 3.05) is 0 Å². The number of halogens is 1. The molecule has 1 rings (SSSR count). The van der Waals surface area contributed by atoms with Crippen LogP contribution >= 0.6 is 11.6 Å². The van der Waals surface area contributed by atoms with Crippen LogP contribution in [0.1, 0.15) is 20.7 Å². The predicted molar refractivity (Wildman–Crippen MR) is 45.4 cm³/mol. The van der Waals surface area contributed by atoms with Crippen LogP contribution in [0.2, 0.25) is 5.02 Å². The summed E-state index contributed by atoms with van der Waals surface area (Å²) in [6.45, 7) is 0. The van der Waals surface area contributed by atoms with Gasteiger partial charge in [-0.15, -0.1) is 0 Å². The Bertz CT molecular complexity index is 372. The Hall–Kier alpha value is -1.55. The molecule has 0 unspecified atom stereocenters. The topological polar surface area (TPSA) is 74.6 Å². The lowest BCUT2D eigenvalue weighted by atomic mass is 10.1. The minimum Gasteiger partial charge on any atom is -0.478 e. The van der Waals surface area contributed by atoms with Gasteiger partial charge in [0.2, 0.25) is 0 Å². The van der Waals surface area contributed by atoms with Crippen molar-refractivity contribution in [2.24, 2.45) is 0 Å². The number of rotatable bonds is 2. The molecule has 0 saturated carbocycles. The normalized spacial score (nSPS) is 9.62. The van der Waals surface area contributed by atoms with Gasteiger partial charge in [0.1, 0.15) is 0 Å². The Kier molecular flexibility index (Phi) is 2.53. The Morgan fingerprint density at radius 2 is 1.77 bits per heavy atom. The van der Waals surface area contributed by atoms with E-state index in [1.807, 2.05) is 0 Å². The summed E-state index contributed by atoms with van der Waals surface area (Å²) in [5.41, 5.74) is -0.684. The fourth-order valence-electron chi connectivity index (χ4n) is 0.920. The van der Waals surface area contributed by atoms with Gasteiger partial charge < -0.3 is 10.2 Å². The summed E-state index contributed by atoms with van der Waals surface area (Å²) < 4.78 is 0. The lowest BCUT2D eigenvalue weighted by Gasteiger charge is -2.02. The molecule has 0 radical (unpaired) electrons. The quantitative estimate of drug-likeness (QED) is 0.763. The average Bonchev–Trinajstić information content (AvgIpc) is 2.02. The average molecular weight is 201 g/mol. The van der Waals surface area contributed by atoms with E-state index in [4.69, 9.17) is 21.8 Å². The first kappa shape index (κ1) is 9.54. The third-order valence-electron chi connectivity index (χ3n) is 1.46. The molecule has 0 saturated heterocycles. The molecule has 13 heavy (non-hydrogen) atoms. The maximum absolute atomic E-state index is 10.6. The molecule has 0 aliphatic rings. The van der Waals surface area contributed by atoms with Crippen LogP contribution in [0.15, 0.2) is 18.2 Å². The number of aromatic carboxylic acids is 2. The Morgan fingerprint density at radius 1 is 1.15 bits per heavy atom. The second-order valence-corrected chi connectivity index (χ2v) is 2.68. The van der Waals surface area contributed by atoms with E-state index in [0.717, 1.165) is 0 Å². The van der Waals surface area contributed by atoms with E-state index in [1.54, 1.807) is 0 Å². The Labute approximate surface area is 78.4 Å². The molecule has 4 nitrogen and oxygen atoms in total. The molecule has 1 aromatic rings. The first-order chi connectivity index (χ1) is 6.04. The van der Waals surface area contributed by atoms with Crippen molar-refractivity contribution >= 4 is 23.5 Å². The molecule has 0 bridgehead atoms. The summed E-state index contributed by atoms with van der Waals surface area (Å²) in [7, 11) is 0. The van der Waals surface area contributed by atoms with Crippen LogP contribution in [0.4, 0.5) is 0 Å². The third-order valence-corrected chi connectivity index (χ3v) is 1.77. The minimum atomic E-state index is -1.34. The zero-order chi connectivity index (χ0) is 10.0. The molecule has 0 spiro atoms. The van der Waals surface area contributed by atoms with E-state index in [9.17, 15) is 9.59 Å². The van der Waals surface area contributed by atoms with Gasteiger partial charge in [0.25, 0.3) is 0 Å². The third kappa shape index (κ3) is 1.78. The smallest absolute Gasteiger partial charge is 0.338 e. The first-order valence-electron chi connectivity index (χ1n) is 3.29. The maximum Gasteiger partial charge on any atom is 0.338 e. The van der Waals surface area contributed by atoms with E-state index in [2.05, 4.69) is 0 Å². The molecular weight excluding hydrogens is 196 g/mol. The highest BCUT2D eigenvalue weighted by Gasteiger charge is 2.18. The van der Waals surface area contributed by atoms with E-state index in [0.29, 0.717) is 0 Å². The summed E-state index contributed by atoms with van der Waals surface area (Å²) in [6.07, 6.45) is 0. The van der Waals surface area contributed by atoms with Crippen molar-refractivity contribution in [1.82, 2.24) is 0 Å². The van der Waals surface area contributed by atoms with Crippen molar-refractivity contribution in [3.63, 3.8) is 0 Å². The summed E-state index contributed by atoms with van der Waals surface area (Å²) in [5, 5.41) is 17.2. The fraction of sp³-hybridized carbons (Fsp3) is 0. The van der Waals surface area contributed by atoms with Gasteiger partial charge in [-0.3, -0.25) is 0 Å². The van der Waals surface area contributed by atoms with Gasteiger partial charge in [-0.2, -0.15) is 0 Å². The van der Waals surface area contributed by atoms with E-state index in [1.165, 1.54) is 18.2 Å². The number of carboxylic acids is 2. The number of benzene rings is 1. The lowest BCUT2D eigenvalue weighted by Crippen LogP contribution is -2.08. The SMILES string of the molecule is O=C(O)c1cccc(Cl)c1C(=O)O. The molecule has 2 N–H and O–H groups in total. The summed E-state index contributed by atoms with van der Waals surface area (Å²) in [6, 6.07) is 3.91.